The summed E-state index contributed by atoms with van der Waals surface area (Å²) in [5.41, 5.74) is 8.25. The Bertz CT molecular complexity index is 1410. The van der Waals surface area contributed by atoms with Gasteiger partial charge in [0.1, 0.15) is 6.10 Å². The van der Waals surface area contributed by atoms with Crippen molar-refractivity contribution in [1.29, 1.82) is 0 Å². The summed E-state index contributed by atoms with van der Waals surface area (Å²) in [5.74, 6) is -1.10. The number of aromatic nitrogens is 4. The number of ether oxygens (including phenoxy) is 1. The van der Waals surface area contributed by atoms with Gasteiger partial charge >= 0.3 is 12.1 Å². The van der Waals surface area contributed by atoms with Crippen molar-refractivity contribution >= 4 is 46.6 Å². The first-order valence-electron chi connectivity index (χ1n) is 13.5. The first-order chi connectivity index (χ1) is 19.8. The number of nitrogen functional groups attached to an aromatic ring is 1. The normalized spacial score (nSPS) is 15.8. The third-order valence-electron chi connectivity index (χ3n) is 6.49. The Balaban J connectivity index is 1.41. The van der Waals surface area contributed by atoms with Crippen LogP contribution in [0.3, 0.4) is 0 Å². The van der Waals surface area contributed by atoms with E-state index in [4.69, 9.17) is 15.6 Å². The molecule has 5 N–H and O–H groups in total. The van der Waals surface area contributed by atoms with Crippen LogP contribution in [0.25, 0.3) is 11.2 Å². The largest absolute Gasteiger partial charge is 0.481 e. The molecule has 13 nitrogen and oxygen atoms in total. The lowest BCUT2D eigenvalue weighted by molar-refractivity contribution is -0.137. The van der Waals surface area contributed by atoms with E-state index in [2.05, 4.69) is 30.6 Å². The number of carboxylic acid groups (broad SMARTS) is 1. The van der Waals surface area contributed by atoms with Crippen LogP contribution >= 0.6 is 0 Å². The van der Waals surface area contributed by atoms with Crippen molar-refractivity contribution < 1.29 is 24.2 Å². The summed E-state index contributed by atoms with van der Waals surface area (Å²) < 4.78 is 5.59. The number of rotatable bonds is 10. The number of carbonyl (C=O) groups excluding carboxylic acids is 2. The quantitative estimate of drug-likeness (QED) is 0.209. The van der Waals surface area contributed by atoms with Crippen molar-refractivity contribution in [3.8, 4) is 0 Å². The maximum Gasteiger partial charge on any atom is 0.413 e. The highest BCUT2D eigenvalue weighted by molar-refractivity contribution is 5.95. The number of allylic oxidation sites excluding steroid dienone is 1. The second-order valence-corrected chi connectivity index (χ2v) is 9.76. The fraction of sp³-hybridized carbons (Fsp3) is 0.393. The molecule has 0 spiro atoms. The topological polar surface area (TPSA) is 186 Å². The lowest BCUT2D eigenvalue weighted by Crippen LogP contribution is -2.25. The van der Waals surface area contributed by atoms with Gasteiger partial charge in [0.25, 0.3) is 5.91 Å². The highest BCUT2D eigenvalue weighted by atomic mass is 16.6. The number of amides is 2. The van der Waals surface area contributed by atoms with Gasteiger partial charge in [-0.15, -0.1) is 0 Å². The van der Waals surface area contributed by atoms with Crippen molar-refractivity contribution in [2.45, 2.75) is 57.6 Å². The van der Waals surface area contributed by atoms with Gasteiger partial charge in [0.2, 0.25) is 5.95 Å². The molecule has 0 bridgehead atoms. The van der Waals surface area contributed by atoms with Crippen LogP contribution in [-0.4, -0.2) is 62.7 Å². The van der Waals surface area contributed by atoms with Gasteiger partial charge in [-0.1, -0.05) is 12.5 Å². The van der Waals surface area contributed by atoms with E-state index >= 15 is 0 Å². The zero-order valence-corrected chi connectivity index (χ0v) is 22.9. The van der Waals surface area contributed by atoms with Crippen molar-refractivity contribution in [2.75, 3.05) is 29.5 Å². The number of carboxylic acids is 1. The van der Waals surface area contributed by atoms with Crippen LogP contribution in [0.15, 0.2) is 42.6 Å². The summed E-state index contributed by atoms with van der Waals surface area (Å²) in [6, 6.07) is 6.99. The van der Waals surface area contributed by atoms with Crippen molar-refractivity contribution in [2.24, 2.45) is 0 Å². The van der Waals surface area contributed by atoms with E-state index in [-0.39, 0.29) is 47.9 Å². The minimum atomic E-state index is -0.896. The molecule has 2 aromatic heterocycles. The number of anilines is 3. The number of nitrogens with one attached hydrogen (secondary N) is 2. The maximum atomic E-state index is 12.7. The molecule has 216 valence electrons. The smallest absolute Gasteiger partial charge is 0.413 e. The molecule has 1 aliphatic carbocycles. The van der Waals surface area contributed by atoms with E-state index in [1.807, 2.05) is 24.1 Å². The number of nitrogens with zero attached hydrogens (tertiary/aromatic N) is 5. The number of fused-ring (bicyclic) bond motifs is 1. The molecular formula is C28H34N8O5. The molecule has 41 heavy (non-hydrogen) atoms. The summed E-state index contributed by atoms with van der Waals surface area (Å²) >= 11 is 0. The van der Waals surface area contributed by atoms with Crippen LogP contribution in [0, 0.1) is 0 Å². The molecule has 1 aliphatic rings. The van der Waals surface area contributed by atoms with Crippen LogP contribution < -0.4 is 21.3 Å². The Morgan fingerprint density at radius 1 is 1.12 bits per heavy atom. The molecule has 13 heteroatoms. The van der Waals surface area contributed by atoms with Crippen molar-refractivity contribution in [3.05, 3.63) is 53.9 Å². The van der Waals surface area contributed by atoms with E-state index in [9.17, 15) is 14.4 Å². The van der Waals surface area contributed by atoms with Gasteiger partial charge < -0.3 is 25.8 Å². The van der Waals surface area contributed by atoms with E-state index in [0.29, 0.717) is 24.2 Å². The average Bonchev–Trinajstić information content (AvgIpc) is 2.92. The van der Waals surface area contributed by atoms with Gasteiger partial charge in [-0.05, 0) is 62.4 Å². The van der Waals surface area contributed by atoms with Gasteiger partial charge in [0.15, 0.2) is 17.0 Å². The molecule has 2 amide bonds. The minimum Gasteiger partial charge on any atom is -0.481 e. The van der Waals surface area contributed by atoms with E-state index in [1.165, 1.54) is 0 Å². The SMILES string of the molecule is CN(Cc1cnc2nc(N)nc(NC(=O)OC3/C=C/CCCCC3)c2n1)c1ccc(C(=O)NCCCC(=O)O)cc1. The van der Waals surface area contributed by atoms with Crippen LogP contribution in [0.2, 0.25) is 0 Å². The fourth-order valence-corrected chi connectivity index (χ4v) is 4.36. The predicted molar refractivity (Wildman–Crippen MR) is 153 cm³/mol. The van der Waals surface area contributed by atoms with Gasteiger partial charge in [0.05, 0.1) is 18.4 Å². The minimum absolute atomic E-state index is 0.000884. The van der Waals surface area contributed by atoms with Crippen LogP contribution in [0.1, 0.15) is 61.0 Å². The third kappa shape index (κ3) is 8.59. The molecule has 3 aromatic rings. The molecule has 0 saturated carbocycles. The van der Waals surface area contributed by atoms with Gasteiger partial charge in [-0.3, -0.25) is 14.9 Å². The summed E-state index contributed by atoms with van der Waals surface area (Å²) in [7, 11) is 1.87. The second kappa shape index (κ2) is 14.0. The Kier molecular flexibility index (Phi) is 9.97. The Labute approximate surface area is 237 Å². The Morgan fingerprint density at radius 2 is 1.93 bits per heavy atom. The molecular weight excluding hydrogens is 528 g/mol. The van der Waals surface area contributed by atoms with Crippen LogP contribution in [0.5, 0.6) is 0 Å². The van der Waals surface area contributed by atoms with Crippen LogP contribution in [-0.2, 0) is 16.1 Å². The van der Waals surface area contributed by atoms with Crippen molar-refractivity contribution in [1.82, 2.24) is 25.3 Å². The first-order valence-corrected chi connectivity index (χ1v) is 13.5. The second-order valence-electron chi connectivity index (χ2n) is 9.76. The number of hydrogen-bond acceptors (Lipinski definition) is 10. The number of aliphatic carboxylic acids is 1. The van der Waals surface area contributed by atoms with E-state index in [1.54, 1.807) is 30.5 Å². The number of carbonyl (C=O) groups is 3. The van der Waals surface area contributed by atoms with E-state index in [0.717, 1.165) is 37.8 Å². The molecule has 1 aromatic carbocycles. The highest BCUT2D eigenvalue weighted by Crippen LogP contribution is 2.21. The van der Waals surface area contributed by atoms with Gasteiger partial charge in [-0.25, -0.2) is 14.8 Å². The predicted octanol–water partition coefficient (Wildman–Crippen LogP) is 3.67. The maximum absolute atomic E-state index is 12.7. The van der Waals surface area contributed by atoms with Gasteiger partial charge in [0, 0.05) is 31.3 Å². The lowest BCUT2D eigenvalue weighted by Gasteiger charge is -2.19. The average molecular weight is 563 g/mol. The number of hydrogen-bond donors (Lipinski definition) is 4. The Hall–Kier alpha value is -4.81. The third-order valence-corrected chi connectivity index (χ3v) is 6.49. The van der Waals surface area contributed by atoms with E-state index < -0.39 is 12.1 Å². The number of nitrogens with two attached hydrogens (primary N) is 1. The zero-order chi connectivity index (χ0) is 29.2. The molecule has 0 aliphatic heterocycles. The summed E-state index contributed by atoms with van der Waals surface area (Å²) in [5, 5.41) is 14.1. The molecule has 4 rings (SSSR count). The standard InChI is InChI=1S/C28H34N8O5/c1-36(20-13-11-18(12-14-20)26(39)30-15-7-10-22(37)38)17-19-16-31-24-23(32-19)25(34-27(29)33-24)35-28(40)41-21-8-5-3-2-4-6-9-21/h5,8,11-14,16,21H,2-4,6-7,9-10,15,17H2,1H3,(H,30,39)(H,37,38)(H3,29,31,33,34,35,40)/b8-5+. The summed E-state index contributed by atoms with van der Waals surface area (Å²) in [6.45, 7) is 0.653. The summed E-state index contributed by atoms with van der Waals surface area (Å²) in [4.78, 5) is 54.8. The Morgan fingerprint density at radius 3 is 2.71 bits per heavy atom. The fourth-order valence-electron chi connectivity index (χ4n) is 4.36. The molecule has 0 fully saturated rings. The van der Waals surface area contributed by atoms with Crippen molar-refractivity contribution in [3.63, 3.8) is 0 Å². The molecule has 0 saturated heterocycles. The molecule has 2 heterocycles. The number of benzene rings is 1. The molecule has 1 unspecified atom stereocenters. The first kappa shape index (κ1) is 29.2. The summed E-state index contributed by atoms with van der Waals surface area (Å²) in [6.07, 6.45) is 9.87. The zero-order valence-electron chi connectivity index (χ0n) is 22.9. The molecule has 0 radical (unpaired) electrons. The van der Waals surface area contributed by atoms with Crippen LogP contribution in [0.4, 0.5) is 22.2 Å². The molecule has 1 atom stereocenters. The monoisotopic (exact) mass is 562 g/mol. The highest BCUT2D eigenvalue weighted by Gasteiger charge is 2.18. The van der Waals surface area contributed by atoms with Gasteiger partial charge in [-0.2, -0.15) is 9.97 Å². The lowest BCUT2D eigenvalue weighted by atomic mass is 10.0.